The Labute approximate surface area is 174 Å². The minimum atomic E-state index is -0.471. The molecule has 28 heavy (non-hydrogen) atoms. The Bertz CT molecular complexity index is 872. The molecule has 1 heterocycles. The average Bonchev–Trinajstić information content (AvgIpc) is 2.71. The highest BCUT2D eigenvalue weighted by Gasteiger charge is 2.27. The van der Waals surface area contributed by atoms with E-state index in [1.807, 2.05) is 12.1 Å². The number of piperidine rings is 1. The monoisotopic (exact) mass is 420 g/mol. The summed E-state index contributed by atoms with van der Waals surface area (Å²) in [4.78, 5) is 26.9. The fourth-order valence-corrected chi connectivity index (χ4v) is 3.74. The number of rotatable bonds is 5. The standard InChI is InChI=1S/C21H22Cl2N2O3/c1-28-21(27)16-6-2-3-7-19(16)24-20(26)15-5-4-10-25(13-15)12-14-8-9-17(22)18(23)11-14/h2-3,6-9,11,15H,4-5,10,12-13H2,1H3,(H,24,26). The number of nitrogens with one attached hydrogen (secondary N) is 1. The third kappa shape index (κ3) is 5.04. The summed E-state index contributed by atoms with van der Waals surface area (Å²) in [6, 6.07) is 12.5. The van der Waals surface area contributed by atoms with Gasteiger partial charge >= 0.3 is 5.97 Å². The molecule has 0 saturated carbocycles. The van der Waals surface area contributed by atoms with Crippen molar-refractivity contribution >= 4 is 40.8 Å². The summed E-state index contributed by atoms with van der Waals surface area (Å²) in [6.45, 7) is 2.27. The number of para-hydroxylation sites is 1. The minimum absolute atomic E-state index is 0.0878. The molecule has 148 valence electrons. The van der Waals surface area contributed by atoms with E-state index >= 15 is 0 Å². The third-order valence-corrected chi connectivity index (χ3v) is 5.60. The Morgan fingerprint density at radius 3 is 2.71 bits per heavy atom. The van der Waals surface area contributed by atoms with Crippen molar-refractivity contribution in [3.63, 3.8) is 0 Å². The second-order valence-corrected chi connectivity index (χ2v) is 7.66. The normalized spacial score (nSPS) is 17.2. The predicted molar refractivity (Wildman–Crippen MR) is 111 cm³/mol. The van der Waals surface area contributed by atoms with Gasteiger partial charge in [0.25, 0.3) is 0 Å². The molecule has 2 aromatic carbocycles. The summed E-state index contributed by atoms with van der Waals surface area (Å²) in [6.07, 6.45) is 1.74. The molecular weight excluding hydrogens is 399 g/mol. The van der Waals surface area contributed by atoms with Crippen molar-refractivity contribution < 1.29 is 14.3 Å². The van der Waals surface area contributed by atoms with Crippen LogP contribution in [0.4, 0.5) is 5.69 Å². The van der Waals surface area contributed by atoms with Crippen LogP contribution in [0.5, 0.6) is 0 Å². The number of halogens is 2. The first-order chi connectivity index (χ1) is 13.5. The summed E-state index contributed by atoms with van der Waals surface area (Å²) < 4.78 is 4.79. The van der Waals surface area contributed by atoms with Crippen LogP contribution < -0.4 is 5.32 Å². The number of ether oxygens (including phenoxy) is 1. The van der Waals surface area contributed by atoms with Gasteiger partial charge < -0.3 is 10.1 Å². The maximum Gasteiger partial charge on any atom is 0.339 e. The van der Waals surface area contributed by atoms with Gasteiger partial charge in [-0.3, -0.25) is 9.69 Å². The molecule has 1 fully saturated rings. The van der Waals surface area contributed by atoms with Crippen molar-refractivity contribution in [3.05, 3.63) is 63.6 Å². The van der Waals surface area contributed by atoms with E-state index in [2.05, 4.69) is 10.2 Å². The fraction of sp³-hybridized carbons (Fsp3) is 0.333. The molecule has 7 heteroatoms. The van der Waals surface area contributed by atoms with Gasteiger partial charge in [0.15, 0.2) is 0 Å². The maximum absolute atomic E-state index is 12.8. The van der Waals surface area contributed by atoms with Gasteiger partial charge in [-0.2, -0.15) is 0 Å². The molecule has 5 nitrogen and oxygen atoms in total. The maximum atomic E-state index is 12.8. The van der Waals surface area contributed by atoms with Crippen LogP contribution in [0.25, 0.3) is 0 Å². The highest BCUT2D eigenvalue weighted by molar-refractivity contribution is 6.42. The van der Waals surface area contributed by atoms with Crippen LogP contribution in [0, 0.1) is 5.92 Å². The van der Waals surface area contributed by atoms with Crippen LogP contribution in [-0.4, -0.2) is 37.0 Å². The number of methoxy groups -OCH3 is 1. The average molecular weight is 421 g/mol. The van der Waals surface area contributed by atoms with Crippen molar-refractivity contribution in [2.45, 2.75) is 19.4 Å². The molecular formula is C21H22Cl2N2O3. The largest absolute Gasteiger partial charge is 0.465 e. The SMILES string of the molecule is COC(=O)c1ccccc1NC(=O)C1CCCN(Cc2ccc(Cl)c(Cl)c2)C1. The van der Waals surface area contributed by atoms with Crippen molar-refractivity contribution in [2.24, 2.45) is 5.92 Å². The zero-order valence-electron chi connectivity index (χ0n) is 15.6. The Balaban J connectivity index is 1.65. The lowest BCUT2D eigenvalue weighted by atomic mass is 9.96. The zero-order chi connectivity index (χ0) is 20.1. The molecule has 0 aliphatic carbocycles. The minimum Gasteiger partial charge on any atom is -0.465 e. The lowest BCUT2D eigenvalue weighted by molar-refractivity contribution is -0.121. The number of esters is 1. The van der Waals surface area contributed by atoms with Gasteiger partial charge in [-0.05, 0) is 49.2 Å². The number of carbonyl (C=O) groups is 2. The number of likely N-dealkylation sites (tertiary alicyclic amines) is 1. The predicted octanol–water partition coefficient (Wildman–Crippen LogP) is 4.63. The van der Waals surface area contributed by atoms with Gasteiger partial charge in [0.1, 0.15) is 0 Å². The molecule has 1 aliphatic heterocycles. The molecule has 0 aromatic heterocycles. The summed E-state index contributed by atoms with van der Waals surface area (Å²) in [5.41, 5.74) is 1.88. The molecule has 1 amide bonds. The van der Waals surface area contributed by atoms with E-state index < -0.39 is 5.97 Å². The van der Waals surface area contributed by atoms with Gasteiger partial charge in [0.2, 0.25) is 5.91 Å². The Morgan fingerprint density at radius 1 is 1.18 bits per heavy atom. The van der Waals surface area contributed by atoms with Crippen LogP contribution in [-0.2, 0) is 16.1 Å². The number of benzene rings is 2. The van der Waals surface area contributed by atoms with Crippen molar-refractivity contribution in [2.75, 3.05) is 25.5 Å². The van der Waals surface area contributed by atoms with E-state index in [1.54, 1.807) is 30.3 Å². The Hall–Kier alpha value is -2.08. The molecule has 0 bridgehead atoms. The van der Waals surface area contributed by atoms with Crippen LogP contribution in [0.1, 0.15) is 28.8 Å². The lowest BCUT2D eigenvalue weighted by Gasteiger charge is -2.32. The molecule has 2 aromatic rings. The Kier molecular flexibility index (Phi) is 6.94. The quantitative estimate of drug-likeness (QED) is 0.716. The molecule has 1 atom stereocenters. The van der Waals surface area contributed by atoms with E-state index in [9.17, 15) is 9.59 Å². The van der Waals surface area contributed by atoms with E-state index in [1.165, 1.54) is 7.11 Å². The van der Waals surface area contributed by atoms with E-state index in [4.69, 9.17) is 27.9 Å². The van der Waals surface area contributed by atoms with E-state index in [0.29, 0.717) is 34.4 Å². The first-order valence-corrected chi connectivity index (χ1v) is 9.88. The zero-order valence-corrected chi connectivity index (χ0v) is 17.1. The van der Waals surface area contributed by atoms with Gasteiger partial charge in [-0.15, -0.1) is 0 Å². The number of hydrogen-bond donors (Lipinski definition) is 1. The highest BCUT2D eigenvalue weighted by atomic mass is 35.5. The van der Waals surface area contributed by atoms with Crippen LogP contribution in [0.2, 0.25) is 10.0 Å². The number of nitrogens with zero attached hydrogens (tertiary/aromatic N) is 1. The first kappa shape index (κ1) is 20.6. The summed E-state index contributed by atoms with van der Waals surface area (Å²) >= 11 is 12.1. The molecule has 1 N–H and O–H groups in total. The van der Waals surface area contributed by atoms with Crippen LogP contribution >= 0.6 is 23.2 Å². The van der Waals surface area contributed by atoms with Gasteiger partial charge in [0.05, 0.1) is 34.3 Å². The molecule has 0 radical (unpaired) electrons. The first-order valence-electron chi connectivity index (χ1n) is 9.12. The smallest absolute Gasteiger partial charge is 0.339 e. The van der Waals surface area contributed by atoms with Crippen LogP contribution in [0.3, 0.4) is 0 Å². The second-order valence-electron chi connectivity index (χ2n) is 6.85. The second kappa shape index (κ2) is 9.41. The number of anilines is 1. The molecule has 3 rings (SSSR count). The highest BCUT2D eigenvalue weighted by Crippen LogP contribution is 2.26. The van der Waals surface area contributed by atoms with E-state index in [0.717, 1.165) is 24.9 Å². The third-order valence-electron chi connectivity index (χ3n) is 4.86. The van der Waals surface area contributed by atoms with Gasteiger partial charge in [-0.25, -0.2) is 4.79 Å². The number of carbonyl (C=O) groups excluding carboxylic acids is 2. The molecule has 1 aliphatic rings. The van der Waals surface area contributed by atoms with E-state index in [-0.39, 0.29) is 11.8 Å². The lowest BCUT2D eigenvalue weighted by Crippen LogP contribution is -2.40. The van der Waals surface area contributed by atoms with Crippen molar-refractivity contribution in [1.29, 1.82) is 0 Å². The fourth-order valence-electron chi connectivity index (χ4n) is 3.42. The molecule has 0 spiro atoms. The summed E-state index contributed by atoms with van der Waals surface area (Å²) in [7, 11) is 1.32. The number of hydrogen-bond acceptors (Lipinski definition) is 4. The number of amides is 1. The van der Waals surface area contributed by atoms with Crippen LogP contribution in [0.15, 0.2) is 42.5 Å². The van der Waals surface area contributed by atoms with Crippen molar-refractivity contribution in [3.8, 4) is 0 Å². The molecule has 1 saturated heterocycles. The Morgan fingerprint density at radius 2 is 1.96 bits per heavy atom. The summed E-state index contributed by atoms with van der Waals surface area (Å²) in [5, 5.41) is 3.96. The topological polar surface area (TPSA) is 58.6 Å². The molecule has 1 unspecified atom stereocenters. The van der Waals surface area contributed by atoms with Gasteiger partial charge in [-0.1, -0.05) is 41.4 Å². The summed E-state index contributed by atoms with van der Waals surface area (Å²) in [5.74, 6) is -0.710. The van der Waals surface area contributed by atoms with Crippen molar-refractivity contribution in [1.82, 2.24) is 4.90 Å². The van der Waals surface area contributed by atoms with Gasteiger partial charge in [0, 0.05) is 13.1 Å².